The van der Waals surface area contributed by atoms with Gasteiger partial charge in [-0.2, -0.15) is 0 Å². The van der Waals surface area contributed by atoms with Crippen molar-refractivity contribution < 1.29 is 39.9 Å². The van der Waals surface area contributed by atoms with E-state index in [0.717, 1.165) is 0 Å². The molecule has 11 N–H and O–H groups in total. The molecule has 2 amide bonds. The van der Waals surface area contributed by atoms with Crippen molar-refractivity contribution in [1.82, 2.24) is 10.6 Å². The Bertz CT molecular complexity index is 747. The van der Waals surface area contributed by atoms with Crippen molar-refractivity contribution in [2.45, 2.75) is 55.7 Å². The van der Waals surface area contributed by atoms with Gasteiger partial charge in [0.25, 0.3) is 5.91 Å². The maximum Gasteiger partial charge on any atom is 0.305 e. The number of carbonyl (C=O) groups is 3. The van der Waals surface area contributed by atoms with Crippen LogP contribution in [0.5, 0.6) is 0 Å². The Labute approximate surface area is 209 Å². The quantitative estimate of drug-likeness (QED) is 0.126. The van der Waals surface area contributed by atoms with E-state index >= 15 is 0 Å². The van der Waals surface area contributed by atoms with Gasteiger partial charge in [0.15, 0.2) is 6.10 Å². The summed E-state index contributed by atoms with van der Waals surface area (Å²) in [4.78, 5) is 35.6. The van der Waals surface area contributed by atoms with Gasteiger partial charge in [-0.25, -0.2) is 0 Å². The Morgan fingerprint density at radius 1 is 0.941 bits per heavy atom. The van der Waals surface area contributed by atoms with Crippen molar-refractivity contribution in [1.29, 1.82) is 0 Å². The fourth-order valence-electron chi connectivity index (χ4n) is 2.95. The zero-order valence-corrected chi connectivity index (χ0v) is 20.0. The SMILES string of the molecule is Cl.Cl.NCCC[C@H](N)C(=O)N[C@@H](CO)[C@@H](O)[C@@H](O)[C@H](O)C(=O)N[C@@H](CC(=O)O)c1ccccc1. The van der Waals surface area contributed by atoms with Crippen LogP contribution in [0.2, 0.25) is 0 Å². The van der Waals surface area contributed by atoms with E-state index in [4.69, 9.17) is 16.6 Å². The zero-order chi connectivity index (χ0) is 24.3. The standard InChI is InChI=1S/C20H32N4O8.2ClH/c21-8-4-7-12(22)19(31)24-14(10-25)16(28)17(29)18(30)20(32)23-13(9-15(26)27)11-5-2-1-3-6-11;;/h1-3,5-6,12-14,16-18,25,28-30H,4,7-10,21-22H2,(H,23,32)(H,24,31)(H,26,27);2*1H/t12-,13-,14-,16+,17+,18-;;/m0../s1. The Balaban J connectivity index is 0. The number of hydrogen-bond acceptors (Lipinski definition) is 9. The first-order valence-electron chi connectivity index (χ1n) is 10.1. The third kappa shape index (κ3) is 10.9. The molecular formula is C20H34Cl2N4O8. The van der Waals surface area contributed by atoms with Gasteiger partial charge in [-0.1, -0.05) is 30.3 Å². The molecule has 14 heteroatoms. The average Bonchev–Trinajstić information content (AvgIpc) is 2.78. The van der Waals surface area contributed by atoms with Crippen molar-refractivity contribution in [2.24, 2.45) is 11.5 Å². The molecule has 0 aliphatic rings. The van der Waals surface area contributed by atoms with Crippen LogP contribution >= 0.6 is 24.8 Å². The molecule has 0 aliphatic carbocycles. The van der Waals surface area contributed by atoms with Gasteiger partial charge in [0.1, 0.15) is 12.2 Å². The zero-order valence-electron chi connectivity index (χ0n) is 18.3. The minimum Gasteiger partial charge on any atom is -0.481 e. The fourth-order valence-corrected chi connectivity index (χ4v) is 2.95. The summed E-state index contributed by atoms with van der Waals surface area (Å²) in [5.41, 5.74) is 11.5. The minimum atomic E-state index is -2.18. The first-order valence-corrected chi connectivity index (χ1v) is 10.1. The maximum atomic E-state index is 12.4. The van der Waals surface area contributed by atoms with E-state index in [2.05, 4.69) is 10.6 Å². The van der Waals surface area contributed by atoms with E-state index in [-0.39, 0.29) is 31.2 Å². The van der Waals surface area contributed by atoms with E-state index in [0.29, 0.717) is 18.5 Å². The van der Waals surface area contributed by atoms with Crippen LogP contribution in [0.3, 0.4) is 0 Å². The number of hydrogen-bond donors (Lipinski definition) is 9. The second-order valence-electron chi connectivity index (χ2n) is 7.33. The topological polar surface area (TPSA) is 228 Å². The van der Waals surface area contributed by atoms with Gasteiger partial charge in [0.2, 0.25) is 5.91 Å². The fraction of sp³-hybridized carbons (Fsp3) is 0.550. The Morgan fingerprint density at radius 2 is 1.53 bits per heavy atom. The summed E-state index contributed by atoms with van der Waals surface area (Å²) in [6, 6.07) is 4.74. The average molecular weight is 529 g/mol. The number of amides is 2. The summed E-state index contributed by atoms with van der Waals surface area (Å²) < 4.78 is 0. The van der Waals surface area contributed by atoms with Gasteiger partial charge in [0, 0.05) is 0 Å². The number of nitrogens with two attached hydrogens (primary N) is 2. The molecule has 0 aromatic heterocycles. The molecule has 0 bridgehead atoms. The largest absolute Gasteiger partial charge is 0.481 e. The van der Waals surface area contributed by atoms with Gasteiger partial charge >= 0.3 is 5.97 Å². The molecule has 0 saturated heterocycles. The molecule has 0 aliphatic heterocycles. The molecule has 6 atom stereocenters. The van der Waals surface area contributed by atoms with Gasteiger partial charge in [0.05, 0.1) is 31.2 Å². The number of aliphatic hydroxyl groups excluding tert-OH is 4. The molecule has 1 aromatic rings. The lowest BCUT2D eigenvalue weighted by atomic mass is 9.98. The molecule has 0 heterocycles. The third-order valence-electron chi connectivity index (χ3n) is 4.83. The van der Waals surface area contributed by atoms with Crippen LogP contribution in [0.25, 0.3) is 0 Å². The second kappa shape index (κ2) is 17.4. The Hall–Kier alpha value is -2.03. The minimum absolute atomic E-state index is 0. The molecule has 0 unspecified atom stereocenters. The van der Waals surface area contributed by atoms with E-state index < -0.39 is 67.2 Å². The molecule has 196 valence electrons. The highest BCUT2D eigenvalue weighted by Crippen LogP contribution is 2.17. The van der Waals surface area contributed by atoms with Crippen LogP contribution in [0, 0.1) is 0 Å². The van der Waals surface area contributed by atoms with Crippen molar-refractivity contribution in [3.05, 3.63) is 35.9 Å². The number of carbonyl (C=O) groups excluding carboxylic acids is 2. The highest BCUT2D eigenvalue weighted by molar-refractivity contribution is 5.85. The summed E-state index contributed by atoms with van der Waals surface area (Å²) in [5, 5.41) is 53.8. The molecule has 0 saturated carbocycles. The molecule has 34 heavy (non-hydrogen) atoms. The van der Waals surface area contributed by atoms with Crippen LogP contribution in [0.15, 0.2) is 30.3 Å². The van der Waals surface area contributed by atoms with Crippen LogP contribution in [-0.2, 0) is 14.4 Å². The number of rotatable bonds is 14. The van der Waals surface area contributed by atoms with Crippen LogP contribution in [0.1, 0.15) is 30.9 Å². The predicted octanol–water partition coefficient (Wildman–Crippen LogP) is -2.21. The predicted molar refractivity (Wildman–Crippen MR) is 127 cm³/mol. The van der Waals surface area contributed by atoms with Crippen LogP contribution in [-0.4, -0.2) is 86.9 Å². The summed E-state index contributed by atoms with van der Waals surface area (Å²) in [6.07, 6.45) is -5.97. The summed E-state index contributed by atoms with van der Waals surface area (Å²) >= 11 is 0. The summed E-state index contributed by atoms with van der Waals surface area (Å²) in [5.74, 6) is -3.06. The van der Waals surface area contributed by atoms with Gasteiger partial charge in [-0.05, 0) is 24.9 Å². The molecular weight excluding hydrogens is 495 g/mol. The highest BCUT2D eigenvalue weighted by Gasteiger charge is 2.37. The second-order valence-corrected chi connectivity index (χ2v) is 7.33. The monoisotopic (exact) mass is 528 g/mol. The lowest BCUT2D eigenvalue weighted by Gasteiger charge is -2.30. The lowest BCUT2D eigenvalue weighted by Crippen LogP contribution is -2.58. The van der Waals surface area contributed by atoms with Gasteiger partial charge in [-0.15, -0.1) is 24.8 Å². The highest BCUT2D eigenvalue weighted by atomic mass is 35.5. The summed E-state index contributed by atoms with van der Waals surface area (Å²) in [7, 11) is 0. The smallest absolute Gasteiger partial charge is 0.305 e. The van der Waals surface area contributed by atoms with E-state index in [1.54, 1.807) is 30.3 Å². The number of carboxylic acids is 1. The lowest BCUT2D eigenvalue weighted by molar-refractivity contribution is -0.145. The van der Waals surface area contributed by atoms with Gasteiger partial charge in [-0.3, -0.25) is 14.4 Å². The van der Waals surface area contributed by atoms with Crippen molar-refractivity contribution >= 4 is 42.6 Å². The maximum absolute atomic E-state index is 12.4. The number of carboxylic acid groups (broad SMARTS) is 1. The molecule has 12 nitrogen and oxygen atoms in total. The number of halogens is 2. The van der Waals surface area contributed by atoms with Gasteiger partial charge < -0.3 is 47.6 Å². The first kappa shape index (κ1) is 34.1. The number of aliphatic carboxylic acids is 1. The van der Waals surface area contributed by atoms with Crippen molar-refractivity contribution in [3.63, 3.8) is 0 Å². The first-order chi connectivity index (χ1) is 15.1. The van der Waals surface area contributed by atoms with Crippen molar-refractivity contribution in [2.75, 3.05) is 13.2 Å². The molecule has 1 aromatic carbocycles. The Kier molecular flexibility index (Phi) is 17.5. The number of benzene rings is 1. The van der Waals surface area contributed by atoms with Crippen LogP contribution < -0.4 is 22.1 Å². The molecule has 0 fully saturated rings. The van der Waals surface area contributed by atoms with Crippen molar-refractivity contribution in [3.8, 4) is 0 Å². The molecule has 0 radical (unpaired) electrons. The molecule has 1 rings (SSSR count). The van der Waals surface area contributed by atoms with Crippen LogP contribution in [0.4, 0.5) is 0 Å². The Morgan fingerprint density at radius 3 is 2.03 bits per heavy atom. The third-order valence-corrected chi connectivity index (χ3v) is 4.83. The molecule has 0 spiro atoms. The summed E-state index contributed by atoms with van der Waals surface area (Å²) in [6.45, 7) is -0.494. The van der Waals surface area contributed by atoms with E-state index in [1.807, 2.05) is 0 Å². The normalized spacial score (nSPS) is 15.8. The number of nitrogens with one attached hydrogen (secondary N) is 2. The van der Waals surface area contributed by atoms with E-state index in [1.165, 1.54) is 0 Å². The van der Waals surface area contributed by atoms with E-state index in [9.17, 15) is 34.8 Å². The number of aliphatic hydroxyl groups is 4.